The van der Waals surface area contributed by atoms with E-state index in [2.05, 4.69) is 41.2 Å². The molecule has 6 heteroatoms. The van der Waals surface area contributed by atoms with Crippen molar-refractivity contribution < 1.29 is 30.6 Å². The smallest absolute Gasteiger partial charge is 0.0910 e. The van der Waals surface area contributed by atoms with Gasteiger partial charge in [0.05, 0.1) is 36.1 Å². The van der Waals surface area contributed by atoms with Gasteiger partial charge in [0.15, 0.2) is 0 Å². The van der Waals surface area contributed by atoms with Gasteiger partial charge in [0.1, 0.15) is 0 Å². The van der Waals surface area contributed by atoms with Gasteiger partial charge in [-0.15, -0.1) is 0 Å². The van der Waals surface area contributed by atoms with Gasteiger partial charge < -0.3 is 30.6 Å². The van der Waals surface area contributed by atoms with E-state index in [-0.39, 0.29) is 46.3 Å². The molecule has 0 saturated heterocycles. The molecular weight excluding hydrogens is 456 g/mol. The standard InChI is InChI=1S/C30H52O6/c1-16(2)18(31)14-23(35)30(8,36)17-9-12-28(6)24(17)19(32)13-21-27(5)11-10-22(34)26(3,4)25(27)20(33)15-29(21,28)7/h17-25,31-36H,1,9-15H2,2-8H3. The van der Waals surface area contributed by atoms with E-state index < -0.39 is 41.5 Å². The molecule has 36 heavy (non-hydrogen) atoms. The van der Waals surface area contributed by atoms with Crippen LogP contribution in [0.4, 0.5) is 0 Å². The second-order valence-electron chi connectivity index (χ2n) is 14.8. The summed E-state index contributed by atoms with van der Waals surface area (Å²) in [5, 5.41) is 67.3. The minimum absolute atomic E-state index is 0.00807. The van der Waals surface area contributed by atoms with E-state index in [1.165, 1.54) is 0 Å². The topological polar surface area (TPSA) is 121 Å². The fourth-order valence-corrected chi connectivity index (χ4v) is 10.5. The van der Waals surface area contributed by atoms with E-state index in [0.717, 1.165) is 12.8 Å². The van der Waals surface area contributed by atoms with E-state index >= 15 is 0 Å². The molecule has 208 valence electrons. The Bertz CT molecular complexity index is 870. The van der Waals surface area contributed by atoms with Crippen LogP contribution in [-0.2, 0) is 0 Å². The van der Waals surface area contributed by atoms with Crippen molar-refractivity contribution in [2.45, 2.75) is 130 Å². The summed E-state index contributed by atoms with van der Waals surface area (Å²) in [6.45, 7) is 18.1. The first kappa shape index (κ1) is 28.5. The molecular formula is C30H52O6. The lowest BCUT2D eigenvalue weighted by molar-refractivity contribution is -0.276. The van der Waals surface area contributed by atoms with Crippen LogP contribution in [0.2, 0.25) is 0 Å². The number of fused-ring (bicyclic) bond motifs is 5. The molecule has 4 aliphatic carbocycles. The van der Waals surface area contributed by atoms with Crippen LogP contribution in [0.15, 0.2) is 12.2 Å². The second-order valence-corrected chi connectivity index (χ2v) is 14.8. The van der Waals surface area contributed by atoms with Crippen LogP contribution in [0.25, 0.3) is 0 Å². The lowest BCUT2D eigenvalue weighted by Crippen LogP contribution is -2.70. The predicted molar refractivity (Wildman–Crippen MR) is 140 cm³/mol. The van der Waals surface area contributed by atoms with Crippen LogP contribution in [0, 0.1) is 45.3 Å². The SMILES string of the molecule is C=C(C)C(O)CC(O)C(C)(O)C1CCC2(C)C1C(O)CC1C3(C)CCC(O)C(C)(C)C3C(O)CC12C. The molecule has 4 saturated carbocycles. The van der Waals surface area contributed by atoms with Crippen molar-refractivity contribution in [3.8, 4) is 0 Å². The molecule has 0 bridgehead atoms. The molecule has 0 aromatic carbocycles. The first-order chi connectivity index (χ1) is 16.4. The summed E-state index contributed by atoms with van der Waals surface area (Å²) in [5.74, 6) is -0.417. The van der Waals surface area contributed by atoms with E-state index in [0.29, 0.717) is 31.3 Å². The first-order valence-corrected chi connectivity index (χ1v) is 14.1. The van der Waals surface area contributed by atoms with Crippen molar-refractivity contribution in [3.63, 3.8) is 0 Å². The van der Waals surface area contributed by atoms with Gasteiger partial charge in [0, 0.05) is 6.42 Å². The third kappa shape index (κ3) is 3.72. The Morgan fingerprint density at radius 3 is 2.17 bits per heavy atom. The van der Waals surface area contributed by atoms with Gasteiger partial charge in [-0.2, -0.15) is 0 Å². The van der Waals surface area contributed by atoms with E-state index in [9.17, 15) is 30.6 Å². The summed E-state index contributed by atoms with van der Waals surface area (Å²) in [7, 11) is 0. The van der Waals surface area contributed by atoms with Gasteiger partial charge in [-0.25, -0.2) is 0 Å². The first-order valence-electron chi connectivity index (χ1n) is 14.1. The zero-order valence-electron chi connectivity index (χ0n) is 23.5. The summed E-state index contributed by atoms with van der Waals surface area (Å²) < 4.78 is 0. The third-order valence-electron chi connectivity index (χ3n) is 12.7. The van der Waals surface area contributed by atoms with Gasteiger partial charge in [-0.1, -0.05) is 46.8 Å². The van der Waals surface area contributed by atoms with Crippen molar-refractivity contribution in [1.82, 2.24) is 0 Å². The maximum absolute atomic E-state index is 11.8. The Morgan fingerprint density at radius 1 is 0.972 bits per heavy atom. The molecule has 4 rings (SSSR count). The molecule has 6 N–H and O–H groups in total. The quantitative estimate of drug-likeness (QED) is 0.317. The summed E-state index contributed by atoms with van der Waals surface area (Å²) in [6, 6.07) is 0. The molecule has 0 heterocycles. The maximum atomic E-state index is 11.8. The van der Waals surface area contributed by atoms with Crippen LogP contribution in [0.1, 0.15) is 93.4 Å². The molecule has 0 aromatic rings. The molecule has 0 amide bonds. The number of aliphatic hydroxyl groups excluding tert-OH is 5. The van der Waals surface area contributed by atoms with Crippen molar-refractivity contribution in [2.24, 2.45) is 45.3 Å². The molecule has 13 unspecified atom stereocenters. The molecule has 6 nitrogen and oxygen atoms in total. The van der Waals surface area contributed by atoms with Gasteiger partial charge >= 0.3 is 0 Å². The highest BCUT2D eigenvalue weighted by atomic mass is 16.3. The molecule has 13 atom stereocenters. The van der Waals surface area contributed by atoms with E-state index in [1.54, 1.807) is 13.8 Å². The molecule has 0 aliphatic heterocycles. The monoisotopic (exact) mass is 508 g/mol. The summed E-state index contributed by atoms with van der Waals surface area (Å²) in [4.78, 5) is 0. The lowest BCUT2D eigenvalue weighted by atomic mass is 9.34. The Labute approximate surface area is 217 Å². The number of hydrogen-bond acceptors (Lipinski definition) is 6. The Hall–Kier alpha value is -0.500. The van der Waals surface area contributed by atoms with Crippen LogP contribution >= 0.6 is 0 Å². The maximum Gasteiger partial charge on any atom is 0.0910 e. The Morgan fingerprint density at radius 2 is 1.58 bits per heavy atom. The van der Waals surface area contributed by atoms with Crippen LogP contribution in [-0.4, -0.2) is 66.8 Å². The molecule has 4 aliphatic rings. The lowest BCUT2D eigenvalue weighted by Gasteiger charge is -2.71. The summed E-state index contributed by atoms with van der Waals surface area (Å²) in [6.07, 6.45) is 0.544. The Balaban J connectivity index is 1.70. The fourth-order valence-electron chi connectivity index (χ4n) is 10.5. The zero-order chi connectivity index (χ0) is 27.2. The van der Waals surface area contributed by atoms with Gasteiger partial charge in [0.25, 0.3) is 0 Å². The van der Waals surface area contributed by atoms with Crippen LogP contribution in [0.3, 0.4) is 0 Å². The zero-order valence-corrected chi connectivity index (χ0v) is 23.5. The van der Waals surface area contributed by atoms with Crippen molar-refractivity contribution >= 4 is 0 Å². The average Bonchev–Trinajstić information content (AvgIpc) is 3.13. The normalized spacial score (nSPS) is 51.3. The number of rotatable bonds is 5. The fraction of sp³-hybridized carbons (Fsp3) is 0.933. The highest BCUT2D eigenvalue weighted by Gasteiger charge is 2.73. The van der Waals surface area contributed by atoms with E-state index in [4.69, 9.17) is 0 Å². The molecule has 4 fully saturated rings. The minimum Gasteiger partial charge on any atom is -0.393 e. The Kier molecular flexibility index (Phi) is 6.93. The third-order valence-corrected chi connectivity index (χ3v) is 12.7. The second kappa shape index (κ2) is 8.76. The van der Waals surface area contributed by atoms with Crippen molar-refractivity contribution in [1.29, 1.82) is 0 Å². The van der Waals surface area contributed by atoms with Crippen molar-refractivity contribution in [3.05, 3.63) is 12.2 Å². The van der Waals surface area contributed by atoms with Crippen LogP contribution in [0.5, 0.6) is 0 Å². The largest absolute Gasteiger partial charge is 0.393 e. The highest BCUT2D eigenvalue weighted by molar-refractivity contribution is 5.22. The molecule has 0 aromatic heterocycles. The summed E-state index contributed by atoms with van der Waals surface area (Å²) >= 11 is 0. The van der Waals surface area contributed by atoms with Crippen molar-refractivity contribution in [2.75, 3.05) is 0 Å². The highest BCUT2D eigenvalue weighted by Crippen LogP contribution is 2.75. The average molecular weight is 509 g/mol. The van der Waals surface area contributed by atoms with Gasteiger partial charge in [-0.05, 0) is 97.7 Å². The predicted octanol–water partition coefficient (Wildman–Crippen LogP) is 3.41. The number of hydrogen-bond donors (Lipinski definition) is 6. The number of aliphatic hydroxyl groups is 6. The van der Waals surface area contributed by atoms with Gasteiger partial charge in [0.2, 0.25) is 0 Å². The summed E-state index contributed by atoms with van der Waals surface area (Å²) in [5.41, 5.74) is -2.13. The van der Waals surface area contributed by atoms with Crippen LogP contribution < -0.4 is 0 Å². The van der Waals surface area contributed by atoms with E-state index in [1.807, 2.05) is 0 Å². The minimum atomic E-state index is -1.47. The molecule has 0 spiro atoms. The molecule has 0 radical (unpaired) electrons. The van der Waals surface area contributed by atoms with Gasteiger partial charge in [-0.3, -0.25) is 0 Å².